The van der Waals surface area contributed by atoms with E-state index in [1.54, 1.807) is 27.8 Å². The number of anilines is 2. The Morgan fingerprint density at radius 3 is 1.84 bits per heavy atom. The van der Waals surface area contributed by atoms with E-state index in [2.05, 4.69) is 146 Å². The van der Waals surface area contributed by atoms with Crippen LogP contribution in [0.4, 0.5) is 11.4 Å². The Morgan fingerprint density at radius 1 is 0.491 bits per heavy atom. The van der Waals surface area contributed by atoms with Crippen molar-refractivity contribution in [3.8, 4) is 33.4 Å². The number of fused-ring (bicyclic) bond motifs is 12. The Hall–Kier alpha value is -4.88. The van der Waals surface area contributed by atoms with Crippen LogP contribution in [-0.4, -0.2) is 0 Å². The van der Waals surface area contributed by atoms with Crippen molar-refractivity contribution < 1.29 is 0 Å². The molecule has 0 N–H and O–H groups in total. The van der Waals surface area contributed by atoms with Gasteiger partial charge in [0.15, 0.2) is 0 Å². The summed E-state index contributed by atoms with van der Waals surface area (Å²) in [6, 6.07) is 50.6. The van der Waals surface area contributed by atoms with E-state index in [0.717, 1.165) is 30.2 Å². The molecule has 0 aromatic heterocycles. The highest BCUT2D eigenvalue weighted by molar-refractivity contribution is 5.87. The van der Waals surface area contributed by atoms with Gasteiger partial charge in [0.1, 0.15) is 0 Å². The van der Waals surface area contributed by atoms with Crippen LogP contribution in [0.2, 0.25) is 0 Å². The van der Waals surface area contributed by atoms with E-state index in [0.29, 0.717) is 0 Å². The smallest absolute Gasteiger partial charge is 0.0485 e. The van der Waals surface area contributed by atoms with Gasteiger partial charge in [-0.3, -0.25) is 0 Å². The molecule has 0 aliphatic heterocycles. The van der Waals surface area contributed by atoms with Crippen LogP contribution in [0.15, 0.2) is 127 Å². The molecule has 6 aromatic rings. The first kappa shape index (κ1) is 33.1. The second-order valence-electron chi connectivity index (χ2n) is 20.0. The van der Waals surface area contributed by atoms with Gasteiger partial charge in [0.05, 0.1) is 0 Å². The molecule has 0 heterocycles. The molecule has 8 aliphatic carbocycles. The molecule has 0 saturated heterocycles. The Bertz CT molecular complexity index is 2640. The molecular formula is C56H53N. The van der Waals surface area contributed by atoms with Crippen molar-refractivity contribution >= 4 is 11.4 Å². The molecule has 8 aliphatic rings. The van der Waals surface area contributed by atoms with Crippen molar-refractivity contribution in [1.82, 2.24) is 0 Å². The lowest BCUT2D eigenvalue weighted by atomic mass is 9.50. The lowest BCUT2D eigenvalue weighted by Gasteiger charge is -2.53. The molecule has 282 valence electrons. The van der Waals surface area contributed by atoms with Crippen molar-refractivity contribution in [2.45, 2.75) is 101 Å². The van der Waals surface area contributed by atoms with Gasteiger partial charge in [-0.15, -0.1) is 0 Å². The first-order valence-corrected chi connectivity index (χ1v) is 22.4. The molecule has 0 radical (unpaired) electrons. The molecule has 2 spiro atoms. The van der Waals surface area contributed by atoms with E-state index in [1.807, 2.05) is 0 Å². The fraction of sp³-hybridized carbons (Fsp3) is 0.357. The fourth-order valence-electron chi connectivity index (χ4n) is 15.1. The molecule has 6 aromatic carbocycles. The summed E-state index contributed by atoms with van der Waals surface area (Å²) in [7, 11) is 0. The standard InChI is InChI=1S/C56H53N/c1-54(2)48-17-6-3-13-42(48)45-24-22-40(32-51(45)54)57(41-23-25-46-43-14-4-7-18-49(43)55(52(46)33-41)26-9-10-27-55)34-37-12-11-16-47-44-15-5-8-19-50(44)56(53(37)47)38-21-20-35-28-36(30-38)31-39(56)29-35/h3-8,11-19,22-25,32-33,35-36,38-39H,9-10,20-21,26-31,34H2,1-2H3. The predicted octanol–water partition coefficient (Wildman–Crippen LogP) is 14.3. The summed E-state index contributed by atoms with van der Waals surface area (Å²) < 4.78 is 0. The number of benzene rings is 6. The van der Waals surface area contributed by atoms with E-state index in [1.165, 1.54) is 120 Å². The average Bonchev–Trinajstić information content (AvgIpc) is 3.94. The minimum absolute atomic E-state index is 0.0561. The van der Waals surface area contributed by atoms with Gasteiger partial charge in [0.25, 0.3) is 0 Å². The number of nitrogens with zero attached hydrogens (tertiary/aromatic N) is 1. The zero-order chi connectivity index (χ0) is 37.7. The van der Waals surface area contributed by atoms with Crippen LogP contribution >= 0.6 is 0 Å². The first-order valence-electron chi connectivity index (χ1n) is 22.4. The molecular weight excluding hydrogens is 687 g/mol. The normalized spacial score (nSPS) is 26.8. The molecule has 1 heteroatoms. The van der Waals surface area contributed by atoms with Crippen molar-refractivity contribution in [2.75, 3.05) is 4.90 Å². The van der Waals surface area contributed by atoms with E-state index in [4.69, 9.17) is 0 Å². The zero-order valence-electron chi connectivity index (χ0n) is 33.7. The van der Waals surface area contributed by atoms with Crippen LogP contribution in [0, 0.1) is 23.7 Å². The average molecular weight is 740 g/mol. The monoisotopic (exact) mass is 739 g/mol. The van der Waals surface area contributed by atoms with Crippen molar-refractivity contribution in [3.05, 3.63) is 166 Å². The molecule has 57 heavy (non-hydrogen) atoms. The quantitative estimate of drug-likeness (QED) is 0.174. The SMILES string of the molecule is CC1(C)c2ccccc2-c2ccc(N(Cc3cccc4c3C3(c5ccccc5-4)C4CCC5CC(C4)CC3C5)c3ccc4c(c3)C3(CCCC3)c3ccccc3-4)cc21. The first-order chi connectivity index (χ1) is 27.9. The third kappa shape index (κ3) is 4.26. The van der Waals surface area contributed by atoms with Crippen molar-refractivity contribution in [1.29, 1.82) is 0 Å². The molecule has 1 nitrogen and oxygen atoms in total. The second kappa shape index (κ2) is 11.6. The lowest BCUT2D eigenvalue weighted by Crippen LogP contribution is -2.48. The fourth-order valence-corrected chi connectivity index (χ4v) is 15.1. The van der Waals surface area contributed by atoms with Gasteiger partial charge < -0.3 is 4.90 Å². The highest BCUT2D eigenvalue weighted by atomic mass is 15.1. The number of rotatable bonds is 4. The number of hydrogen-bond acceptors (Lipinski definition) is 1. The second-order valence-corrected chi connectivity index (χ2v) is 20.0. The molecule has 14 rings (SSSR count). The minimum Gasteiger partial charge on any atom is -0.337 e. The summed E-state index contributed by atoms with van der Waals surface area (Å²) in [5.41, 5.74) is 22.5. The summed E-state index contributed by atoms with van der Waals surface area (Å²) in [4.78, 5) is 2.74. The Kier molecular flexibility index (Phi) is 6.75. The van der Waals surface area contributed by atoms with Crippen LogP contribution < -0.4 is 4.90 Å². The van der Waals surface area contributed by atoms with Crippen LogP contribution in [0.5, 0.6) is 0 Å². The minimum atomic E-state index is -0.0561. The largest absolute Gasteiger partial charge is 0.337 e. The van der Waals surface area contributed by atoms with Crippen LogP contribution in [0.1, 0.15) is 117 Å². The summed E-state index contributed by atoms with van der Waals surface area (Å²) >= 11 is 0. The summed E-state index contributed by atoms with van der Waals surface area (Å²) in [6.07, 6.45) is 13.7. The maximum Gasteiger partial charge on any atom is 0.0485 e. The van der Waals surface area contributed by atoms with E-state index < -0.39 is 0 Å². The molecule has 5 fully saturated rings. The maximum atomic E-state index is 2.74. The Balaban J connectivity index is 1.02. The van der Waals surface area contributed by atoms with E-state index in [9.17, 15) is 0 Å². The zero-order valence-corrected chi connectivity index (χ0v) is 33.7. The van der Waals surface area contributed by atoms with Crippen molar-refractivity contribution in [2.24, 2.45) is 23.7 Å². The molecule has 0 amide bonds. The van der Waals surface area contributed by atoms with Crippen LogP contribution in [-0.2, 0) is 22.8 Å². The highest BCUT2D eigenvalue weighted by Gasteiger charge is 2.60. The lowest BCUT2D eigenvalue weighted by molar-refractivity contribution is 0.0613. The van der Waals surface area contributed by atoms with Gasteiger partial charge in [0, 0.05) is 34.2 Å². The molecule has 5 saturated carbocycles. The summed E-state index contributed by atoms with van der Waals surface area (Å²) in [5.74, 6) is 3.30. The van der Waals surface area contributed by atoms with Gasteiger partial charge in [-0.1, -0.05) is 136 Å². The topological polar surface area (TPSA) is 3.24 Å². The predicted molar refractivity (Wildman–Crippen MR) is 235 cm³/mol. The Labute approximate surface area is 339 Å². The Morgan fingerprint density at radius 2 is 1.07 bits per heavy atom. The van der Waals surface area contributed by atoms with E-state index >= 15 is 0 Å². The molecule has 5 unspecified atom stereocenters. The van der Waals surface area contributed by atoms with E-state index in [-0.39, 0.29) is 16.2 Å². The van der Waals surface area contributed by atoms with Crippen molar-refractivity contribution in [3.63, 3.8) is 0 Å². The van der Waals surface area contributed by atoms with Gasteiger partial charge >= 0.3 is 0 Å². The third-order valence-corrected chi connectivity index (χ3v) is 17.2. The van der Waals surface area contributed by atoms with Gasteiger partial charge in [-0.25, -0.2) is 0 Å². The third-order valence-electron chi connectivity index (χ3n) is 17.2. The van der Waals surface area contributed by atoms with Gasteiger partial charge in [0.2, 0.25) is 0 Å². The van der Waals surface area contributed by atoms with Crippen LogP contribution in [0.25, 0.3) is 33.4 Å². The van der Waals surface area contributed by atoms with Gasteiger partial charge in [-0.05, 0) is 165 Å². The maximum absolute atomic E-state index is 2.74. The summed E-state index contributed by atoms with van der Waals surface area (Å²) in [5, 5.41) is 0. The van der Waals surface area contributed by atoms with Crippen LogP contribution in [0.3, 0.4) is 0 Å². The molecule has 4 bridgehead atoms. The molecule has 5 atom stereocenters. The summed E-state index contributed by atoms with van der Waals surface area (Å²) in [6.45, 7) is 5.74. The van der Waals surface area contributed by atoms with Gasteiger partial charge in [-0.2, -0.15) is 0 Å². The highest BCUT2D eigenvalue weighted by Crippen LogP contribution is 2.68. The number of hydrogen-bond donors (Lipinski definition) is 0.